The summed E-state index contributed by atoms with van der Waals surface area (Å²) in [6.07, 6.45) is 4.49. The number of aryl methyl sites for hydroxylation is 1. The molecule has 0 amide bonds. The van der Waals surface area contributed by atoms with Gasteiger partial charge in [-0.3, -0.25) is 5.43 Å². The van der Waals surface area contributed by atoms with Gasteiger partial charge in [-0.05, 0) is 67.3 Å². The highest BCUT2D eigenvalue weighted by Crippen LogP contribution is 2.22. The maximum atomic E-state index is 4.33. The van der Waals surface area contributed by atoms with Gasteiger partial charge in [-0.25, -0.2) is 0 Å². The first-order valence-electron chi connectivity index (χ1n) is 7.62. The Morgan fingerprint density at radius 2 is 1.82 bits per heavy atom. The Morgan fingerprint density at radius 3 is 2.50 bits per heavy atom. The van der Waals surface area contributed by atoms with Crippen LogP contribution in [0.5, 0.6) is 0 Å². The Morgan fingerprint density at radius 1 is 1.09 bits per heavy atom. The van der Waals surface area contributed by atoms with Gasteiger partial charge in [0.2, 0.25) is 0 Å². The van der Waals surface area contributed by atoms with Crippen LogP contribution in [0.2, 0.25) is 0 Å². The van der Waals surface area contributed by atoms with E-state index >= 15 is 0 Å². The molecule has 0 aromatic heterocycles. The first-order valence-corrected chi connectivity index (χ1v) is 8.42. The fourth-order valence-corrected chi connectivity index (χ4v) is 2.94. The molecule has 0 saturated carbocycles. The van der Waals surface area contributed by atoms with Gasteiger partial charge < -0.3 is 4.90 Å². The van der Waals surface area contributed by atoms with Gasteiger partial charge in [0.15, 0.2) is 0 Å². The summed E-state index contributed by atoms with van der Waals surface area (Å²) >= 11 is 3.42. The molecule has 0 unspecified atom stereocenters. The maximum Gasteiger partial charge on any atom is 0.0562 e. The Balaban J connectivity index is 1.66. The molecule has 0 bridgehead atoms. The first kappa shape index (κ1) is 15.1. The highest BCUT2D eigenvalue weighted by molar-refractivity contribution is 9.10. The number of nitrogens with one attached hydrogen (secondary N) is 1. The van der Waals surface area contributed by atoms with Crippen LogP contribution >= 0.6 is 15.9 Å². The van der Waals surface area contributed by atoms with Crippen LogP contribution in [0.1, 0.15) is 24.0 Å². The number of hydrogen-bond donors (Lipinski definition) is 1. The van der Waals surface area contributed by atoms with Gasteiger partial charge in [0.25, 0.3) is 0 Å². The molecule has 3 nitrogen and oxygen atoms in total. The zero-order valence-electron chi connectivity index (χ0n) is 12.7. The third kappa shape index (κ3) is 3.69. The lowest BCUT2D eigenvalue weighted by molar-refractivity contribution is 0.949. The minimum Gasteiger partial charge on any atom is -0.372 e. The van der Waals surface area contributed by atoms with Gasteiger partial charge in [0.1, 0.15) is 0 Å². The third-order valence-electron chi connectivity index (χ3n) is 3.97. The molecule has 2 aromatic carbocycles. The van der Waals surface area contributed by atoms with E-state index < -0.39 is 0 Å². The Hall–Kier alpha value is -1.81. The SMILES string of the molecule is Cc1cc(N2CCCC2)ccc1/C=N/Nc1ccc(Br)cc1. The molecule has 0 atom stereocenters. The average molecular weight is 358 g/mol. The van der Waals surface area contributed by atoms with Crippen LogP contribution in [0.3, 0.4) is 0 Å². The molecule has 1 aliphatic heterocycles. The van der Waals surface area contributed by atoms with E-state index in [0.717, 1.165) is 15.7 Å². The van der Waals surface area contributed by atoms with Gasteiger partial charge in [0.05, 0.1) is 11.9 Å². The molecular formula is C18H20BrN3. The quantitative estimate of drug-likeness (QED) is 0.628. The molecule has 0 radical (unpaired) electrons. The molecule has 0 spiro atoms. The van der Waals surface area contributed by atoms with Gasteiger partial charge in [-0.2, -0.15) is 5.10 Å². The zero-order chi connectivity index (χ0) is 15.4. The Kier molecular flexibility index (Phi) is 4.78. The lowest BCUT2D eigenvalue weighted by atomic mass is 10.1. The fourth-order valence-electron chi connectivity index (χ4n) is 2.68. The van der Waals surface area contributed by atoms with E-state index in [1.54, 1.807) is 0 Å². The summed E-state index contributed by atoms with van der Waals surface area (Å²) in [4.78, 5) is 2.45. The summed E-state index contributed by atoms with van der Waals surface area (Å²) in [5.74, 6) is 0. The van der Waals surface area contributed by atoms with Crippen LogP contribution in [0, 0.1) is 6.92 Å². The maximum absolute atomic E-state index is 4.33. The number of hydrogen-bond acceptors (Lipinski definition) is 3. The summed E-state index contributed by atoms with van der Waals surface area (Å²) < 4.78 is 1.07. The second kappa shape index (κ2) is 6.97. The number of benzene rings is 2. The number of nitrogens with zero attached hydrogens (tertiary/aromatic N) is 2. The minimum absolute atomic E-state index is 0.978. The molecule has 1 saturated heterocycles. The summed E-state index contributed by atoms with van der Waals surface area (Å²) in [5.41, 5.74) is 7.76. The number of hydrazone groups is 1. The van der Waals surface area contributed by atoms with Crippen molar-refractivity contribution in [3.63, 3.8) is 0 Å². The van der Waals surface area contributed by atoms with Crippen molar-refractivity contribution < 1.29 is 0 Å². The second-order valence-corrected chi connectivity index (χ2v) is 6.53. The lowest BCUT2D eigenvalue weighted by Crippen LogP contribution is -2.17. The highest BCUT2D eigenvalue weighted by atomic mass is 79.9. The molecular weight excluding hydrogens is 338 g/mol. The van der Waals surface area contributed by atoms with Crippen molar-refractivity contribution in [1.29, 1.82) is 0 Å². The molecule has 2 aromatic rings. The van der Waals surface area contributed by atoms with Gasteiger partial charge in [0, 0.05) is 23.2 Å². The van der Waals surface area contributed by atoms with Gasteiger partial charge >= 0.3 is 0 Å². The third-order valence-corrected chi connectivity index (χ3v) is 4.49. The van der Waals surface area contributed by atoms with Crippen LogP contribution in [-0.2, 0) is 0 Å². The zero-order valence-corrected chi connectivity index (χ0v) is 14.3. The largest absolute Gasteiger partial charge is 0.372 e. The van der Waals surface area contributed by atoms with E-state index in [1.807, 2.05) is 30.5 Å². The smallest absolute Gasteiger partial charge is 0.0562 e. The van der Waals surface area contributed by atoms with Crippen molar-refractivity contribution >= 4 is 33.5 Å². The van der Waals surface area contributed by atoms with Crippen LogP contribution in [0.25, 0.3) is 0 Å². The summed E-state index contributed by atoms with van der Waals surface area (Å²) in [7, 11) is 0. The molecule has 1 aliphatic rings. The molecule has 22 heavy (non-hydrogen) atoms. The van der Waals surface area contributed by atoms with Crippen LogP contribution in [-0.4, -0.2) is 19.3 Å². The lowest BCUT2D eigenvalue weighted by Gasteiger charge is -2.18. The van der Waals surface area contributed by atoms with Crippen LogP contribution < -0.4 is 10.3 Å². The van der Waals surface area contributed by atoms with E-state index in [4.69, 9.17) is 0 Å². The van der Waals surface area contributed by atoms with E-state index in [9.17, 15) is 0 Å². The van der Waals surface area contributed by atoms with Gasteiger partial charge in [-0.1, -0.05) is 22.0 Å². The monoisotopic (exact) mass is 357 g/mol. The predicted octanol–water partition coefficient (Wildman–Crippen LogP) is 4.80. The highest BCUT2D eigenvalue weighted by Gasteiger charge is 2.12. The van der Waals surface area contributed by atoms with E-state index in [1.165, 1.54) is 37.2 Å². The standard InChI is InChI=1S/C18H20BrN3/c1-14-12-18(22-10-2-3-11-22)9-4-15(14)13-20-21-17-7-5-16(19)6-8-17/h4-9,12-13,21H,2-3,10-11H2,1H3/b20-13+. The molecule has 3 rings (SSSR count). The molecule has 1 fully saturated rings. The van der Waals surface area contributed by atoms with Crippen LogP contribution in [0.4, 0.5) is 11.4 Å². The van der Waals surface area contributed by atoms with Crippen molar-refractivity contribution in [2.75, 3.05) is 23.4 Å². The Bertz CT molecular complexity index is 659. The van der Waals surface area contributed by atoms with Crippen molar-refractivity contribution in [3.05, 3.63) is 58.1 Å². The summed E-state index contributed by atoms with van der Waals surface area (Å²) in [6.45, 7) is 4.50. The molecule has 0 aliphatic carbocycles. The molecule has 114 valence electrons. The topological polar surface area (TPSA) is 27.6 Å². The van der Waals surface area contributed by atoms with Crippen molar-refractivity contribution in [2.24, 2.45) is 5.10 Å². The normalized spacial score (nSPS) is 14.7. The molecule has 1 heterocycles. The number of rotatable bonds is 4. The Labute approximate surface area is 140 Å². The number of anilines is 2. The predicted molar refractivity (Wildman–Crippen MR) is 98.0 cm³/mol. The van der Waals surface area contributed by atoms with E-state index in [2.05, 4.69) is 56.5 Å². The van der Waals surface area contributed by atoms with E-state index in [0.29, 0.717) is 0 Å². The fraction of sp³-hybridized carbons (Fsp3) is 0.278. The van der Waals surface area contributed by atoms with Gasteiger partial charge in [-0.15, -0.1) is 0 Å². The van der Waals surface area contributed by atoms with Crippen LogP contribution in [0.15, 0.2) is 52.0 Å². The minimum atomic E-state index is 0.978. The van der Waals surface area contributed by atoms with Crippen molar-refractivity contribution in [2.45, 2.75) is 19.8 Å². The molecule has 1 N–H and O–H groups in total. The second-order valence-electron chi connectivity index (χ2n) is 5.61. The summed E-state index contributed by atoms with van der Waals surface area (Å²) in [6, 6.07) is 14.6. The van der Waals surface area contributed by atoms with E-state index in [-0.39, 0.29) is 0 Å². The number of halogens is 1. The van der Waals surface area contributed by atoms with Crippen molar-refractivity contribution in [1.82, 2.24) is 0 Å². The first-order chi connectivity index (χ1) is 10.7. The average Bonchev–Trinajstić information content (AvgIpc) is 3.05. The molecule has 4 heteroatoms. The summed E-state index contributed by atoms with van der Waals surface area (Å²) in [5, 5.41) is 4.33. The van der Waals surface area contributed by atoms with Crippen molar-refractivity contribution in [3.8, 4) is 0 Å².